The second kappa shape index (κ2) is 14.8. The van der Waals surface area contributed by atoms with Crippen LogP contribution >= 0.6 is 0 Å². The molecule has 7 nitrogen and oxygen atoms in total. The average Bonchev–Trinajstić information content (AvgIpc) is 3.65. The molecule has 212 valence electrons. The molecule has 0 aliphatic carbocycles. The normalized spacial score (nSPS) is 38.5. The van der Waals surface area contributed by atoms with Gasteiger partial charge in [-0.15, -0.1) is 0 Å². The summed E-state index contributed by atoms with van der Waals surface area (Å²) in [7, 11) is 0. The molecule has 7 heteroatoms. The minimum atomic E-state index is -1.51. The van der Waals surface area contributed by atoms with E-state index in [4.69, 9.17) is 9.47 Å². The number of esters is 1. The zero-order chi connectivity index (χ0) is 28.6. The van der Waals surface area contributed by atoms with Crippen LogP contribution in [0, 0.1) is 11.8 Å². The smallest absolute Gasteiger partial charge is 0.331 e. The molecule has 1 saturated heterocycles. The molecule has 0 radical (unpaired) electrons. The number of hydrogen-bond acceptors (Lipinski definition) is 7. The standard InChI is InChI=1S/C31H46O7/c1-8-11-21(5)29-31(38-29)30-22(6)16-18(2)13-10-15-24(32)27(35)23(7)28(36)26(34)20(4)14-9-12-19(3)17-25(33)37-30/h9-10,12,15,17,21-22,24,26-32,34-36H,2,4,7-8,11,13-14,16H2,1,3,5-6H3/b12-9+,15-10+,19-17+/t21-,22-,24-,26-,27-,28-,29+,30+,31-/m1/s1. The Kier molecular flexibility index (Phi) is 12.4. The van der Waals surface area contributed by atoms with Gasteiger partial charge in [-0.05, 0) is 61.2 Å². The van der Waals surface area contributed by atoms with E-state index in [1.54, 1.807) is 25.2 Å². The van der Waals surface area contributed by atoms with Gasteiger partial charge >= 0.3 is 5.97 Å². The van der Waals surface area contributed by atoms with Gasteiger partial charge in [0.1, 0.15) is 36.6 Å². The van der Waals surface area contributed by atoms with Gasteiger partial charge in [0.15, 0.2) is 0 Å². The van der Waals surface area contributed by atoms with Crippen molar-refractivity contribution in [2.75, 3.05) is 0 Å². The third-order valence-electron chi connectivity index (χ3n) is 7.26. The summed E-state index contributed by atoms with van der Waals surface area (Å²) in [5, 5.41) is 41.8. The number of allylic oxidation sites excluding steroid dienone is 5. The minimum absolute atomic E-state index is 0.0474. The summed E-state index contributed by atoms with van der Waals surface area (Å²) in [4.78, 5) is 12.8. The van der Waals surface area contributed by atoms with E-state index < -0.39 is 36.5 Å². The van der Waals surface area contributed by atoms with Gasteiger partial charge in [-0.25, -0.2) is 4.79 Å². The molecule has 0 unspecified atom stereocenters. The Morgan fingerprint density at radius 3 is 2.37 bits per heavy atom. The van der Waals surface area contributed by atoms with Gasteiger partial charge in [-0.3, -0.25) is 0 Å². The lowest BCUT2D eigenvalue weighted by atomic mass is 9.89. The van der Waals surface area contributed by atoms with Crippen molar-refractivity contribution >= 4 is 5.97 Å². The number of hydrogen-bond donors (Lipinski definition) is 4. The average molecular weight is 531 g/mol. The number of aliphatic hydroxyl groups is 4. The highest BCUT2D eigenvalue weighted by Gasteiger charge is 2.51. The molecule has 2 aliphatic heterocycles. The minimum Gasteiger partial charge on any atom is -0.456 e. The molecule has 9 atom stereocenters. The van der Waals surface area contributed by atoms with E-state index in [9.17, 15) is 25.2 Å². The van der Waals surface area contributed by atoms with Crippen LogP contribution in [0.15, 0.2) is 72.4 Å². The van der Waals surface area contributed by atoms with E-state index in [-0.39, 0.29) is 30.1 Å². The second-order valence-electron chi connectivity index (χ2n) is 10.8. The number of carbonyl (C=O) groups is 1. The summed E-state index contributed by atoms with van der Waals surface area (Å²) in [6.07, 6.45) is 5.05. The molecule has 0 bridgehead atoms. The van der Waals surface area contributed by atoms with E-state index >= 15 is 0 Å². The summed E-state index contributed by atoms with van der Waals surface area (Å²) in [6, 6.07) is 0. The molecule has 0 aromatic heterocycles. The van der Waals surface area contributed by atoms with E-state index in [0.29, 0.717) is 29.9 Å². The van der Waals surface area contributed by atoms with Gasteiger partial charge in [0.2, 0.25) is 0 Å². The van der Waals surface area contributed by atoms with Crippen molar-refractivity contribution in [3.63, 3.8) is 0 Å². The van der Waals surface area contributed by atoms with Crippen molar-refractivity contribution in [1.82, 2.24) is 0 Å². The van der Waals surface area contributed by atoms with Crippen LogP contribution in [-0.4, -0.2) is 69.1 Å². The lowest BCUT2D eigenvalue weighted by molar-refractivity contribution is -0.146. The number of aliphatic hydroxyl groups excluding tert-OH is 4. The molecule has 0 aromatic rings. The summed E-state index contributed by atoms with van der Waals surface area (Å²) < 4.78 is 11.9. The van der Waals surface area contributed by atoms with E-state index in [0.717, 1.165) is 18.4 Å². The fourth-order valence-electron chi connectivity index (χ4n) is 4.86. The molecular weight excluding hydrogens is 484 g/mol. The second-order valence-corrected chi connectivity index (χ2v) is 10.8. The first-order chi connectivity index (χ1) is 17.9. The van der Waals surface area contributed by atoms with Crippen LogP contribution in [0.1, 0.15) is 59.8 Å². The number of rotatable bonds is 4. The summed E-state index contributed by atoms with van der Waals surface area (Å²) in [5.74, 6) is -0.134. The largest absolute Gasteiger partial charge is 0.456 e. The van der Waals surface area contributed by atoms with Crippen LogP contribution in [0.5, 0.6) is 0 Å². The molecule has 2 rings (SSSR count). The number of epoxide rings is 1. The van der Waals surface area contributed by atoms with Gasteiger partial charge < -0.3 is 29.9 Å². The maximum absolute atomic E-state index is 12.8. The third kappa shape index (κ3) is 9.17. The number of carbonyl (C=O) groups excluding carboxylic acids is 1. The van der Waals surface area contributed by atoms with Crippen LogP contribution in [0.3, 0.4) is 0 Å². The Hall–Kier alpha value is -2.29. The lowest BCUT2D eigenvalue weighted by Gasteiger charge is -2.26. The van der Waals surface area contributed by atoms with Gasteiger partial charge in [-0.1, -0.05) is 76.8 Å². The van der Waals surface area contributed by atoms with Crippen molar-refractivity contribution < 1.29 is 34.7 Å². The summed E-state index contributed by atoms with van der Waals surface area (Å²) in [6.45, 7) is 19.7. The van der Waals surface area contributed by atoms with Crippen LogP contribution in [0.2, 0.25) is 0 Å². The van der Waals surface area contributed by atoms with Crippen LogP contribution in [0.25, 0.3) is 0 Å². The Labute approximate surface area is 227 Å². The maximum atomic E-state index is 12.8. The first-order valence-electron chi connectivity index (χ1n) is 13.5. The van der Waals surface area contributed by atoms with Crippen LogP contribution < -0.4 is 0 Å². The van der Waals surface area contributed by atoms with Crippen molar-refractivity contribution in [2.24, 2.45) is 11.8 Å². The molecule has 0 amide bonds. The van der Waals surface area contributed by atoms with E-state index in [1.807, 2.05) is 6.92 Å². The van der Waals surface area contributed by atoms with Crippen molar-refractivity contribution in [3.8, 4) is 0 Å². The topological polar surface area (TPSA) is 120 Å². The molecule has 0 saturated carbocycles. The van der Waals surface area contributed by atoms with Crippen molar-refractivity contribution in [3.05, 3.63) is 72.4 Å². The zero-order valence-electron chi connectivity index (χ0n) is 23.3. The van der Waals surface area contributed by atoms with Crippen molar-refractivity contribution in [1.29, 1.82) is 0 Å². The predicted molar refractivity (Wildman–Crippen MR) is 149 cm³/mol. The first-order valence-corrected chi connectivity index (χ1v) is 13.5. The predicted octanol–water partition coefficient (Wildman–Crippen LogP) is 4.09. The quantitative estimate of drug-likeness (QED) is 0.245. The zero-order valence-corrected chi connectivity index (χ0v) is 23.3. The highest BCUT2D eigenvalue weighted by atomic mass is 16.6. The Morgan fingerprint density at radius 2 is 1.71 bits per heavy atom. The molecule has 2 aliphatic rings. The summed E-state index contributed by atoms with van der Waals surface area (Å²) >= 11 is 0. The Morgan fingerprint density at radius 1 is 1.03 bits per heavy atom. The highest BCUT2D eigenvalue weighted by molar-refractivity contribution is 5.83. The monoisotopic (exact) mass is 530 g/mol. The first kappa shape index (κ1) is 31.9. The van der Waals surface area contributed by atoms with Gasteiger partial charge in [-0.2, -0.15) is 0 Å². The van der Waals surface area contributed by atoms with E-state index in [2.05, 4.69) is 33.6 Å². The van der Waals surface area contributed by atoms with Crippen molar-refractivity contribution in [2.45, 2.75) is 103 Å². The number of cyclic esters (lactones) is 1. The fraction of sp³-hybridized carbons (Fsp3) is 0.581. The van der Waals surface area contributed by atoms with Gasteiger partial charge in [0.25, 0.3) is 0 Å². The molecule has 38 heavy (non-hydrogen) atoms. The third-order valence-corrected chi connectivity index (χ3v) is 7.26. The molecular formula is C31H46O7. The molecule has 0 aromatic carbocycles. The SMILES string of the molecule is C=C1C/C=C/[C@@H](O)[C@H](O)C(=C)[C@@H](O)[C@H](O)C(=C)C/C=C/C(C)=C/C(=O)O[C@H]([C@@H]2O[C@H]2[C@H](C)CCC)[C@H](C)C1. The molecule has 0 spiro atoms. The summed E-state index contributed by atoms with van der Waals surface area (Å²) in [5.41, 5.74) is 1.70. The lowest BCUT2D eigenvalue weighted by Crippen LogP contribution is -2.37. The fourth-order valence-corrected chi connectivity index (χ4v) is 4.86. The van der Waals surface area contributed by atoms with Crippen LogP contribution in [-0.2, 0) is 14.3 Å². The highest BCUT2D eigenvalue weighted by Crippen LogP contribution is 2.39. The van der Waals surface area contributed by atoms with Gasteiger partial charge in [0.05, 0.1) is 6.10 Å². The number of ether oxygens (including phenoxy) is 2. The molecule has 2 heterocycles. The molecule has 4 N–H and O–H groups in total. The van der Waals surface area contributed by atoms with E-state index in [1.165, 1.54) is 12.2 Å². The Bertz CT molecular complexity index is 946. The van der Waals surface area contributed by atoms with Crippen LogP contribution in [0.4, 0.5) is 0 Å². The molecule has 1 fully saturated rings. The van der Waals surface area contributed by atoms with Gasteiger partial charge in [0, 0.05) is 6.08 Å². The Balaban J connectivity index is 2.28. The maximum Gasteiger partial charge on any atom is 0.331 e.